The number of nitrogens with zero attached hydrogens (tertiary/aromatic N) is 1. The molecule has 1 aromatic carbocycles. The molecular weight excluding hydrogens is 335 g/mol. The highest BCUT2D eigenvalue weighted by Crippen LogP contribution is 2.30. The summed E-state index contributed by atoms with van der Waals surface area (Å²) in [6.45, 7) is 4.34. The molecule has 0 saturated carbocycles. The normalized spacial score (nSPS) is 18.5. The van der Waals surface area contributed by atoms with Gasteiger partial charge >= 0.3 is 6.18 Å². The van der Waals surface area contributed by atoms with E-state index in [0.29, 0.717) is 19.4 Å². The van der Waals surface area contributed by atoms with Gasteiger partial charge in [0.15, 0.2) is 5.78 Å². The number of alkyl halides is 3. The lowest BCUT2D eigenvalue weighted by molar-refractivity contribution is -0.139. The Morgan fingerprint density at radius 3 is 2.68 bits per heavy atom. The average Bonchev–Trinajstić information content (AvgIpc) is 2.58. The van der Waals surface area contributed by atoms with Crippen LogP contribution in [0.4, 0.5) is 13.2 Å². The number of hydrogen-bond donors (Lipinski definition) is 0. The third-order valence-electron chi connectivity index (χ3n) is 4.16. The van der Waals surface area contributed by atoms with Gasteiger partial charge in [-0.15, -0.1) is 0 Å². The smallest absolute Gasteiger partial charge is 0.369 e. The number of Topliss-reactive ketones (excluding diaryl/α,β-unsaturated/α-hetero) is 1. The molecule has 1 aromatic rings. The minimum atomic E-state index is -4.49. The molecule has 0 spiro atoms. The maximum absolute atomic E-state index is 12.8. The van der Waals surface area contributed by atoms with Gasteiger partial charge < -0.3 is 9.64 Å². The van der Waals surface area contributed by atoms with Gasteiger partial charge in [-0.05, 0) is 38.8 Å². The van der Waals surface area contributed by atoms with Gasteiger partial charge in [-0.25, -0.2) is 0 Å². The van der Waals surface area contributed by atoms with Crippen LogP contribution in [0.1, 0.15) is 42.6 Å². The van der Waals surface area contributed by atoms with Gasteiger partial charge in [0.05, 0.1) is 11.7 Å². The number of hydrogen-bond acceptors (Lipinski definition) is 3. The van der Waals surface area contributed by atoms with Gasteiger partial charge in [0, 0.05) is 24.6 Å². The van der Waals surface area contributed by atoms with Crippen LogP contribution in [0.25, 0.3) is 0 Å². The summed E-state index contributed by atoms with van der Waals surface area (Å²) in [5.74, 6) is -1.04. The number of ether oxygens (including phenoxy) is 1. The van der Waals surface area contributed by atoms with E-state index in [9.17, 15) is 22.8 Å². The molecule has 1 aliphatic rings. The second-order valence-electron chi connectivity index (χ2n) is 6.48. The van der Waals surface area contributed by atoms with E-state index >= 15 is 0 Å². The van der Waals surface area contributed by atoms with Gasteiger partial charge in [0.2, 0.25) is 5.91 Å². The monoisotopic (exact) mass is 357 g/mol. The van der Waals surface area contributed by atoms with Crippen LogP contribution in [0.5, 0.6) is 0 Å². The predicted molar refractivity (Wildman–Crippen MR) is 86.2 cm³/mol. The largest absolute Gasteiger partial charge is 0.416 e. The van der Waals surface area contributed by atoms with E-state index in [0.717, 1.165) is 12.1 Å². The van der Waals surface area contributed by atoms with Crippen LogP contribution in [-0.4, -0.2) is 42.4 Å². The summed E-state index contributed by atoms with van der Waals surface area (Å²) < 4.78 is 43.7. The van der Waals surface area contributed by atoms with Crippen molar-refractivity contribution in [2.24, 2.45) is 5.92 Å². The number of carbonyl (C=O) groups excluding carboxylic acids is 2. The topological polar surface area (TPSA) is 46.6 Å². The molecule has 1 amide bonds. The number of carbonyl (C=O) groups is 2. The zero-order valence-electron chi connectivity index (χ0n) is 14.3. The Bertz CT molecular complexity index is 628. The molecule has 138 valence electrons. The maximum atomic E-state index is 12.8. The van der Waals surface area contributed by atoms with Gasteiger partial charge in [-0.3, -0.25) is 9.59 Å². The molecule has 4 nitrogen and oxygen atoms in total. The first-order chi connectivity index (χ1) is 11.7. The number of piperidine rings is 1. The van der Waals surface area contributed by atoms with Crippen LogP contribution in [0, 0.1) is 5.92 Å². The third kappa shape index (κ3) is 5.29. The van der Waals surface area contributed by atoms with Crippen molar-refractivity contribution in [3.63, 3.8) is 0 Å². The van der Waals surface area contributed by atoms with Crippen molar-refractivity contribution in [2.75, 3.05) is 19.7 Å². The van der Waals surface area contributed by atoms with Crippen LogP contribution in [0.3, 0.4) is 0 Å². The fourth-order valence-corrected chi connectivity index (χ4v) is 2.83. The second kappa shape index (κ2) is 7.99. The molecule has 1 heterocycles. The summed E-state index contributed by atoms with van der Waals surface area (Å²) in [5.41, 5.74) is -0.806. The minimum Gasteiger partial charge on any atom is -0.369 e. The highest BCUT2D eigenvalue weighted by molar-refractivity contribution is 5.98. The van der Waals surface area contributed by atoms with E-state index in [-0.39, 0.29) is 36.5 Å². The lowest BCUT2D eigenvalue weighted by atomic mass is 9.89. The number of benzene rings is 1. The van der Waals surface area contributed by atoms with Crippen LogP contribution in [-0.2, 0) is 15.7 Å². The molecule has 2 rings (SSSR count). The Morgan fingerprint density at radius 2 is 2.04 bits per heavy atom. The summed E-state index contributed by atoms with van der Waals surface area (Å²) >= 11 is 0. The van der Waals surface area contributed by atoms with E-state index < -0.39 is 17.7 Å². The molecular formula is C18H22F3NO3. The Labute approximate surface area is 144 Å². The van der Waals surface area contributed by atoms with E-state index in [2.05, 4.69) is 0 Å². The number of likely N-dealkylation sites (tertiary alicyclic amines) is 1. The standard InChI is InChI=1S/C18H22F3NO3/c1-12(2)25-11-16(23)22-8-4-6-14(10-22)17(24)13-5-3-7-15(9-13)18(19,20)21/h3,5,7,9,12,14H,4,6,8,10-11H2,1-2H3/t14-/m1/s1. The number of amides is 1. The van der Waals surface area contributed by atoms with Crippen molar-refractivity contribution >= 4 is 11.7 Å². The fraction of sp³-hybridized carbons (Fsp3) is 0.556. The summed E-state index contributed by atoms with van der Waals surface area (Å²) in [7, 11) is 0. The van der Waals surface area contributed by atoms with Crippen molar-refractivity contribution in [3.05, 3.63) is 35.4 Å². The molecule has 0 unspecified atom stereocenters. The van der Waals surface area contributed by atoms with Crippen LogP contribution < -0.4 is 0 Å². The van der Waals surface area contributed by atoms with Gasteiger partial charge in [-0.2, -0.15) is 13.2 Å². The molecule has 25 heavy (non-hydrogen) atoms. The Hall–Kier alpha value is -1.89. The van der Waals surface area contributed by atoms with Crippen molar-refractivity contribution in [2.45, 2.75) is 39.0 Å². The first-order valence-electron chi connectivity index (χ1n) is 8.29. The molecule has 7 heteroatoms. The quantitative estimate of drug-likeness (QED) is 0.757. The molecule has 0 aromatic heterocycles. The van der Waals surface area contributed by atoms with E-state index in [1.165, 1.54) is 12.1 Å². The Kier molecular flexibility index (Phi) is 6.21. The Balaban J connectivity index is 2.05. The van der Waals surface area contributed by atoms with Gasteiger partial charge in [-0.1, -0.05) is 12.1 Å². The highest BCUT2D eigenvalue weighted by atomic mass is 19.4. The maximum Gasteiger partial charge on any atom is 0.416 e. The summed E-state index contributed by atoms with van der Waals surface area (Å²) in [5, 5.41) is 0. The van der Waals surface area contributed by atoms with E-state index in [1.807, 2.05) is 13.8 Å². The molecule has 0 radical (unpaired) electrons. The van der Waals surface area contributed by atoms with Gasteiger partial charge in [0.25, 0.3) is 0 Å². The summed E-state index contributed by atoms with van der Waals surface area (Å²) in [6.07, 6.45) is -3.36. The fourth-order valence-electron chi connectivity index (χ4n) is 2.83. The molecule has 0 N–H and O–H groups in total. The van der Waals surface area contributed by atoms with Crippen molar-refractivity contribution < 1.29 is 27.5 Å². The molecule has 0 bridgehead atoms. The zero-order chi connectivity index (χ0) is 18.6. The van der Waals surface area contributed by atoms with Gasteiger partial charge in [0.1, 0.15) is 6.61 Å². The average molecular weight is 357 g/mol. The highest BCUT2D eigenvalue weighted by Gasteiger charge is 2.33. The van der Waals surface area contributed by atoms with Crippen molar-refractivity contribution in [1.29, 1.82) is 0 Å². The third-order valence-corrected chi connectivity index (χ3v) is 4.16. The lowest BCUT2D eigenvalue weighted by Gasteiger charge is -2.32. The van der Waals surface area contributed by atoms with E-state index in [4.69, 9.17) is 4.74 Å². The summed E-state index contributed by atoms with van der Waals surface area (Å²) in [4.78, 5) is 26.3. The number of halogens is 3. The van der Waals surface area contributed by atoms with Crippen LogP contribution in [0.2, 0.25) is 0 Å². The lowest BCUT2D eigenvalue weighted by Crippen LogP contribution is -2.44. The first kappa shape index (κ1) is 19.4. The van der Waals surface area contributed by atoms with Crippen molar-refractivity contribution in [3.8, 4) is 0 Å². The number of rotatable bonds is 5. The predicted octanol–water partition coefficient (Wildman–Crippen LogP) is 3.55. The molecule has 1 atom stereocenters. The molecule has 1 fully saturated rings. The second-order valence-corrected chi connectivity index (χ2v) is 6.48. The molecule has 1 aliphatic heterocycles. The van der Waals surface area contributed by atoms with E-state index in [1.54, 1.807) is 4.90 Å². The first-order valence-corrected chi connectivity index (χ1v) is 8.29. The molecule has 0 aliphatic carbocycles. The van der Waals surface area contributed by atoms with Crippen LogP contribution in [0.15, 0.2) is 24.3 Å². The number of ketones is 1. The van der Waals surface area contributed by atoms with Crippen LogP contribution >= 0.6 is 0 Å². The minimum absolute atomic E-state index is 0.0348. The SMILES string of the molecule is CC(C)OCC(=O)N1CCC[C@@H](C(=O)c2cccc(C(F)(F)F)c2)C1. The zero-order valence-corrected chi connectivity index (χ0v) is 14.3. The molecule has 1 saturated heterocycles. The summed E-state index contributed by atoms with van der Waals surface area (Å²) in [6, 6.07) is 4.44. The Morgan fingerprint density at radius 1 is 1.32 bits per heavy atom. The van der Waals surface area contributed by atoms with Crippen molar-refractivity contribution in [1.82, 2.24) is 4.90 Å².